The van der Waals surface area contributed by atoms with Crippen LogP contribution in [0.3, 0.4) is 0 Å². The van der Waals surface area contributed by atoms with Gasteiger partial charge in [0.1, 0.15) is 0 Å². The summed E-state index contributed by atoms with van der Waals surface area (Å²) in [5.74, 6) is -0.433. The van der Waals surface area contributed by atoms with Gasteiger partial charge in [-0.3, -0.25) is 9.59 Å². The van der Waals surface area contributed by atoms with E-state index < -0.39 is 4.87 Å². The maximum absolute atomic E-state index is 12.0. The third kappa shape index (κ3) is 1.40. The number of alkyl halides is 1. The van der Waals surface area contributed by atoms with Crippen molar-refractivity contribution in [2.45, 2.75) is 24.6 Å². The summed E-state index contributed by atoms with van der Waals surface area (Å²) in [4.78, 5) is 22.3. The van der Waals surface area contributed by atoms with E-state index in [0.717, 1.165) is 5.56 Å². The van der Waals surface area contributed by atoms with E-state index in [9.17, 15) is 9.59 Å². The third-order valence-electron chi connectivity index (χ3n) is 2.82. The number of hydrogen-bond donors (Lipinski definition) is 0. The molecule has 78 valence electrons. The predicted octanol–water partition coefficient (Wildman–Crippen LogP) is 2.38. The standard InChI is InChI=1S/C12H11ClO2/c1-2-10(14)12(13)7-8-5-3-4-6-9(8)11(12)15/h3-6H,2,7H2,1H3. The van der Waals surface area contributed by atoms with Gasteiger partial charge in [-0.2, -0.15) is 0 Å². The van der Waals surface area contributed by atoms with Crippen LogP contribution in [0.1, 0.15) is 29.3 Å². The molecule has 0 aromatic heterocycles. The molecule has 0 aliphatic heterocycles. The highest BCUT2D eigenvalue weighted by Crippen LogP contribution is 2.36. The van der Waals surface area contributed by atoms with Crippen LogP contribution in [0, 0.1) is 0 Å². The van der Waals surface area contributed by atoms with Gasteiger partial charge in [0.05, 0.1) is 0 Å². The molecule has 1 aromatic rings. The molecule has 0 heterocycles. The Kier molecular flexibility index (Phi) is 2.39. The second-order valence-electron chi connectivity index (χ2n) is 3.74. The number of fused-ring (bicyclic) bond motifs is 1. The van der Waals surface area contributed by atoms with Crippen LogP contribution in [0.4, 0.5) is 0 Å². The lowest BCUT2D eigenvalue weighted by Crippen LogP contribution is -2.38. The van der Waals surface area contributed by atoms with Gasteiger partial charge in [0.2, 0.25) is 0 Å². The fraction of sp³-hybridized carbons (Fsp3) is 0.333. The van der Waals surface area contributed by atoms with Crippen LogP contribution in [0.15, 0.2) is 24.3 Å². The Morgan fingerprint density at radius 2 is 2.13 bits per heavy atom. The van der Waals surface area contributed by atoms with Crippen molar-refractivity contribution in [3.05, 3.63) is 35.4 Å². The molecule has 3 heteroatoms. The molecular weight excluding hydrogens is 212 g/mol. The first-order valence-corrected chi connectivity index (χ1v) is 5.32. The van der Waals surface area contributed by atoms with Crippen LogP contribution in [0.5, 0.6) is 0 Å². The second kappa shape index (κ2) is 3.46. The van der Waals surface area contributed by atoms with Crippen molar-refractivity contribution in [2.24, 2.45) is 0 Å². The van der Waals surface area contributed by atoms with E-state index >= 15 is 0 Å². The van der Waals surface area contributed by atoms with Crippen molar-refractivity contribution in [1.82, 2.24) is 0 Å². The molecule has 1 aromatic carbocycles. The lowest BCUT2D eigenvalue weighted by atomic mass is 9.97. The normalized spacial score (nSPS) is 24.0. The lowest BCUT2D eigenvalue weighted by molar-refractivity contribution is -0.120. The molecule has 1 unspecified atom stereocenters. The van der Waals surface area contributed by atoms with Crippen molar-refractivity contribution < 1.29 is 9.59 Å². The van der Waals surface area contributed by atoms with E-state index in [1.807, 2.05) is 12.1 Å². The number of benzene rings is 1. The van der Waals surface area contributed by atoms with Gasteiger partial charge in [-0.25, -0.2) is 0 Å². The Labute approximate surface area is 93.2 Å². The van der Waals surface area contributed by atoms with Crippen LogP contribution < -0.4 is 0 Å². The van der Waals surface area contributed by atoms with Crippen molar-refractivity contribution in [3.63, 3.8) is 0 Å². The summed E-state index contributed by atoms with van der Waals surface area (Å²) >= 11 is 6.14. The molecule has 15 heavy (non-hydrogen) atoms. The average molecular weight is 223 g/mol. The zero-order valence-electron chi connectivity index (χ0n) is 8.42. The summed E-state index contributed by atoms with van der Waals surface area (Å²) in [5.41, 5.74) is 1.47. The van der Waals surface area contributed by atoms with Gasteiger partial charge in [-0.1, -0.05) is 31.2 Å². The van der Waals surface area contributed by atoms with E-state index in [2.05, 4.69) is 0 Å². The largest absolute Gasteiger partial charge is 0.297 e. The molecule has 0 amide bonds. The van der Waals surface area contributed by atoms with Crippen LogP contribution in [-0.4, -0.2) is 16.4 Å². The molecular formula is C12H11ClO2. The number of carbonyl (C=O) groups is 2. The van der Waals surface area contributed by atoms with Crippen LogP contribution >= 0.6 is 11.6 Å². The van der Waals surface area contributed by atoms with Crippen molar-refractivity contribution >= 4 is 23.2 Å². The topological polar surface area (TPSA) is 34.1 Å². The van der Waals surface area contributed by atoms with Gasteiger partial charge >= 0.3 is 0 Å². The number of ketones is 2. The quantitative estimate of drug-likeness (QED) is 0.569. The summed E-state index contributed by atoms with van der Waals surface area (Å²) in [6.45, 7) is 1.72. The maximum atomic E-state index is 12.0. The summed E-state index contributed by atoms with van der Waals surface area (Å²) in [6.07, 6.45) is 0.624. The maximum Gasteiger partial charge on any atom is 0.191 e. The Hall–Kier alpha value is -1.15. The van der Waals surface area contributed by atoms with Gasteiger partial charge in [-0.05, 0) is 5.56 Å². The number of Topliss-reactive ketones (excluding diaryl/α,β-unsaturated/α-hetero) is 2. The highest BCUT2D eigenvalue weighted by Gasteiger charge is 2.48. The fourth-order valence-corrected chi connectivity index (χ4v) is 2.34. The van der Waals surface area contributed by atoms with E-state index in [4.69, 9.17) is 11.6 Å². The van der Waals surface area contributed by atoms with Gasteiger partial charge in [-0.15, -0.1) is 11.6 Å². The van der Waals surface area contributed by atoms with Crippen molar-refractivity contribution in [2.75, 3.05) is 0 Å². The Morgan fingerprint density at radius 1 is 1.47 bits per heavy atom. The van der Waals surface area contributed by atoms with E-state index in [-0.39, 0.29) is 11.6 Å². The van der Waals surface area contributed by atoms with Crippen molar-refractivity contribution in [1.29, 1.82) is 0 Å². The molecule has 0 spiro atoms. The van der Waals surface area contributed by atoms with Gasteiger partial charge in [0.25, 0.3) is 0 Å². The first-order valence-electron chi connectivity index (χ1n) is 4.94. The molecule has 0 fully saturated rings. The molecule has 1 aliphatic carbocycles. The molecule has 0 saturated carbocycles. The van der Waals surface area contributed by atoms with Crippen LogP contribution in [0.2, 0.25) is 0 Å². The van der Waals surface area contributed by atoms with Gasteiger partial charge < -0.3 is 0 Å². The minimum absolute atomic E-state index is 0.189. The molecule has 0 saturated heterocycles. The highest BCUT2D eigenvalue weighted by atomic mass is 35.5. The monoisotopic (exact) mass is 222 g/mol. The summed E-state index contributed by atoms with van der Waals surface area (Å²) < 4.78 is 0. The SMILES string of the molecule is CCC(=O)C1(Cl)Cc2ccccc2C1=O. The lowest BCUT2D eigenvalue weighted by Gasteiger charge is -2.15. The number of rotatable bonds is 2. The van der Waals surface area contributed by atoms with Crippen LogP contribution in [0.25, 0.3) is 0 Å². The molecule has 2 nitrogen and oxygen atoms in total. The summed E-state index contributed by atoms with van der Waals surface area (Å²) in [7, 11) is 0. The van der Waals surface area contributed by atoms with Gasteiger partial charge in [0.15, 0.2) is 16.4 Å². The third-order valence-corrected chi connectivity index (χ3v) is 3.34. The average Bonchev–Trinajstić information content (AvgIpc) is 2.52. The smallest absolute Gasteiger partial charge is 0.191 e. The predicted molar refractivity (Wildman–Crippen MR) is 58.4 cm³/mol. The minimum atomic E-state index is -1.33. The Balaban J connectivity index is 2.47. The fourth-order valence-electron chi connectivity index (χ4n) is 1.96. The number of carbonyl (C=O) groups excluding carboxylic acids is 2. The van der Waals surface area contributed by atoms with E-state index in [1.54, 1.807) is 19.1 Å². The van der Waals surface area contributed by atoms with Crippen LogP contribution in [-0.2, 0) is 11.2 Å². The molecule has 1 aliphatic rings. The van der Waals surface area contributed by atoms with Crippen molar-refractivity contribution in [3.8, 4) is 0 Å². The van der Waals surface area contributed by atoms with E-state index in [0.29, 0.717) is 18.4 Å². The molecule has 2 rings (SSSR count). The molecule has 1 atom stereocenters. The summed E-state index contributed by atoms with van der Waals surface area (Å²) in [5, 5.41) is 0. The number of halogens is 1. The first-order chi connectivity index (χ1) is 7.09. The molecule has 0 bridgehead atoms. The second-order valence-corrected chi connectivity index (χ2v) is 4.39. The zero-order valence-corrected chi connectivity index (χ0v) is 9.17. The van der Waals surface area contributed by atoms with Gasteiger partial charge in [0, 0.05) is 18.4 Å². The first kappa shape index (κ1) is 10.4. The minimum Gasteiger partial charge on any atom is -0.297 e. The highest BCUT2D eigenvalue weighted by molar-refractivity contribution is 6.50. The molecule has 0 radical (unpaired) electrons. The Morgan fingerprint density at radius 3 is 2.73 bits per heavy atom. The Bertz CT molecular complexity index is 439. The number of hydrogen-bond acceptors (Lipinski definition) is 2. The summed E-state index contributed by atoms with van der Waals surface area (Å²) in [6, 6.07) is 7.21. The van der Waals surface area contributed by atoms with E-state index in [1.165, 1.54) is 0 Å². The zero-order chi connectivity index (χ0) is 11.1. The molecule has 0 N–H and O–H groups in total.